The summed E-state index contributed by atoms with van der Waals surface area (Å²) in [5.41, 5.74) is 2.96. The van der Waals surface area contributed by atoms with Crippen molar-refractivity contribution in [2.45, 2.75) is 0 Å². The molecule has 0 heterocycles. The Balaban J connectivity index is 2.70. The molecule has 1 rings (SSSR count). The number of ether oxygens (including phenoxy) is 2. The predicted octanol–water partition coefficient (Wildman–Crippen LogP) is 1.48. The van der Waals surface area contributed by atoms with Crippen LogP contribution in [0.4, 0.5) is 5.69 Å². The van der Waals surface area contributed by atoms with E-state index in [9.17, 15) is 0 Å². The molecule has 6 heteroatoms. The molecule has 1 N–H and O–H groups in total. The van der Waals surface area contributed by atoms with Crippen LogP contribution in [0.5, 0.6) is 5.75 Å². The number of hydrogen-bond donors (Lipinski definition) is 1. The van der Waals surface area contributed by atoms with Crippen molar-refractivity contribution in [3.8, 4) is 17.9 Å². The zero-order chi connectivity index (χ0) is 12.5. The van der Waals surface area contributed by atoms with Crippen molar-refractivity contribution in [2.24, 2.45) is 5.10 Å². The Bertz CT molecular complexity index is 469. The van der Waals surface area contributed by atoms with Gasteiger partial charge in [0.25, 0.3) is 0 Å². The third kappa shape index (κ3) is 4.20. The molecule has 0 amide bonds. The average Bonchev–Trinajstić information content (AvgIpc) is 2.38. The minimum atomic E-state index is -0.242. The van der Waals surface area contributed by atoms with Crippen LogP contribution in [0.2, 0.25) is 0 Å². The number of anilines is 1. The number of methoxy groups -OCH3 is 1. The average molecular weight is 230 g/mol. The summed E-state index contributed by atoms with van der Waals surface area (Å²) in [5, 5.41) is 20.6. The molecule has 0 aromatic heterocycles. The zero-order valence-electron chi connectivity index (χ0n) is 9.17. The van der Waals surface area contributed by atoms with E-state index < -0.39 is 0 Å². The predicted molar refractivity (Wildman–Crippen MR) is 61.2 cm³/mol. The number of nitrogens with zero attached hydrogens (tertiary/aromatic N) is 3. The van der Waals surface area contributed by atoms with Crippen molar-refractivity contribution in [1.29, 1.82) is 10.5 Å². The lowest BCUT2D eigenvalue weighted by molar-refractivity contribution is 0.0512. The van der Waals surface area contributed by atoms with E-state index in [-0.39, 0.29) is 12.5 Å². The number of nitriles is 2. The van der Waals surface area contributed by atoms with Gasteiger partial charge >= 0.3 is 0 Å². The summed E-state index contributed by atoms with van der Waals surface area (Å²) in [5.74, 6) is 0.600. The topological polar surface area (TPSA) is 90.4 Å². The number of nitrogens with one attached hydrogen (secondary N) is 1. The summed E-state index contributed by atoms with van der Waals surface area (Å²) in [6, 6.07) is 10.2. The summed E-state index contributed by atoms with van der Waals surface area (Å²) >= 11 is 0. The van der Waals surface area contributed by atoms with E-state index in [1.54, 1.807) is 36.4 Å². The van der Waals surface area contributed by atoms with Crippen molar-refractivity contribution in [3.05, 3.63) is 24.3 Å². The molecule has 1 aromatic carbocycles. The fourth-order valence-electron chi connectivity index (χ4n) is 0.978. The molecular formula is C11H10N4O2. The minimum Gasteiger partial charge on any atom is -0.467 e. The Morgan fingerprint density at radius 3 is 2.82 bits per heavy atom. The van der Waals surface area contributed by atoms with E-state index in [1.165, 1.54) is 7.11 Å². The van der Waals surface area contributed by atoms with Crippen LogP contribution in [0.25, 0.3) is 0 Å². The highest BCUT2D eigenvalue weighted by molar-refractivity contribution is 6.10. The highest BCUT2D eigenvalue weighted by atomic mass is 16.7. The van der Waals surface area contributed by atoms with Gasteiger partial charge in [0.2, 0.25) is 5.71 Å². The Morgan fingerprint density at radius 2 is 2.18 bits per heavy atom. The second-order valence-corrected chi connectivity index (χ2v) is 2.87. The summed E-state index contributed by atoms with van der Waals surface area (Å²) in [6.07, 6.45) is 0. The molecule has 86 valence electrons. The van der Waals surface area contributed by atoms with Gasteiger partial charge in [0.15, 0.2) is 6.79 Å². The molecule has 0 fully saturated rings. The van der Waals surface area contributed by atoms with Crippen LogP contribution in [0.1, 0.15) is 0 Å². The van der Waals surface area contributed by atoms with Crippen molar-refractivity contribution in [2.75, 3.05) is 19.3 Å². The standard InChI is InChI=1S/C11H10N4O2/c1-16-8-17-11-4-2-3-9(5-11)14-15-10(6-12)7-13/h2-5,14H,8H2,1H3. The highest BCUT2D eigenvalue weighted by Crippen LogP contribution is 2.17. The first kappa shape index (κ1) is 12.5. The van der Waals surface area contributed by atoms with Gasteiger partial charge in [-0.2, -0.15) is 15.6 Å². The molecule has 17 heavy (non-hydrogen) atoms. The quantitative estimate of drug-likeness (QED) is 0.470. The van der Waals surface area contributed by atoms with Gasteiger partial charge in [-0.15, -0.1) is 0 Å². The van der Waals surface area contributed by atoms with Crippen LogP contribution in [0, 0.1) is 22.7 Å². The van der Waals surface area contributed by atoms with E-state index in [4.69, 9.17) is 20.0 Å². The van der Waals surface area contributed by atoms with Crippen molar-refractivity contribution >= 4 is 11.4 Å². The Labute approximate surface area is 98.7 Å². The van der Waals surface area contributed by atoms with Crippen molar-refractivity contribution < 1.29 is 9.47 Å². The largest absolute Gasteiger partial charge is 0.467 e. The van der Waals surface area contributed by atoms with Crippen molar-refractivity contribution in [1.82, 2.24) is 0 Å². The van der Waals surface area contributed by atoms with E-state index >= 15 is 0 Å². The van der Waals surface area contributed by atoms with Crippen LogP contribution in [-0.2, 0) is 4.74 Å². The van der Waals surface area contributed by atoms with E-state index in [2.05, 4.69) is 10.5 Å². The van der Waals surface area contributed by atoms with E-state index in [1.807, 2.05) is 0 Å². The number of hydrazone groups is 1. The molecule has 1 aromatic rings. The highest BCUT2D eigenvalue weighted by Gasteiger charge is 1.97. The lowest BCUT2D eigenvalue weighted by Gasteiger charge is -2.06. The van der Waals surface area contributed by atoms with Gasteiger partial charge < -0.3 is 9.47 Å². The zero-order valence-corrected chi connectivity index (χ0v) is 9.17. The summed E-state index contributed by atoms with van der Waals surface area (Å²) in [4.78, 5) is 0. The van der Waals surface area contributed by atoms with Gasteiger partial charge in [-0.05, 0) is 12.1 Å². The van der Waals surface area contributed by atoms with Gasteiger partial charge in [-0.1, -0.05) is 6.07 Å². The van der Waals surface area contributed by atoms with Gasteiger partial charge in [-0.3, -0.25) is 5.43 Å². The van der Waals surface area contributed by atoms with Crippen LogP contribution < -0.4 is 10.2 Å². The Morgan fingerprint density at radius 1 is 1.41 bits per heavy atom. The minimum absolute atomic E-state index is 0.147. The normalized spacial score (nSPS) is 8.65. The van der Waals surface area contributed by atoms with Gasteiger partial charge in [-0.25, -0.2) is 0 Å². The van der Waals surface area contributed by atoms with Gasteiger partial charge in [0.05, 0.1) is 5.69 Å². The van der Waals surface area contributed by atoms with Crippen LogP contribution in [0.3, 0.4) is 0 Å². The fourth-order valence-corrected chi connectivity index (χ4v) is 0.978. The second-order valence-electron chi connectivity index (χ2n) is 2.87. The fraction of sp³-hybridized carbons (Fsp3) is 0.182. The maximum absolute atomic E-state index is 8.49. The number of hydrogen-bond acceptors (Lipinski definition) is 6. The third-order valence-electron chi connectivity index (χ3n) is 1.69. The Kier molecular flexibility index (Phi) is 5.02. The first-order valence-corrected chi connectivity index (χ1v) is 4.66. The lowest BCUT2D eigenvalue weighted by atomic mass is 10.3. The molecule has 0 aliphatic rings. The summed E-state index contributed by atoms with van der Waals surface area (Å²) in [6.45, 7) is 0.147. The van der Waals surface area contributed by atoms with E-state index in [0.29, 0.717) is 11.4 Å². The monoisotopic (exact) mass is 230 g/mol. The first-order chi connectivity index (χ1) is 8.30. The van der Waals surface area contributed by atoms with Gasteiger partial charge in [0, 0.05) is 13.2 Å². The van der Waals surface area contributed by atoms with Gasteiger partial charge in [0.1, 0.15) is 17.9 Å². The molecule has 0 aliphatic heterocycles. The molecule has 0 atom stereocenters. The lowest BCUT2D eigenvalue weighted by Crippen LogP contribution is -2.00. The Hall–Kier alpha value is -2.57. The maximum atomic E-state index is 8.49. The third-order valence-corrected chi connectivity index (χ3v) is 1.69. The molecule has 0 bridgehead atoms. The molecule has 0 spiro atoms. The molecule has 6 nitrogen and oxygen atoms in total. The summed E-state index contributed by atoms with van der Waals surface area (Å²) in [7, 11) is 1.53. The van der Waals surface area contributed by atoms with Crippen LogP contribution in [-0.4, -0.2) is 19.6 Å². The number of rotatable bonds is 5. The second kappa shape index (κ2) is 6.83. The molecule has 0 unspecified atom stereocenters. The molecule has 0 saturated carbocycles. The smallest absolute Gasteiger partial charge is 0.237 e. The van der Waals surface area contributed by atoms with E-state index in [0.717, 1.165) is 0 Å². The van der Waals surface area contributed by atoms with Crippen LogP contribution >= 0.6 is 0 Å². The van der Waals surface area contributed by atoms with Crippen LogP contribution in [0.15, 0.2) is 29.4 Å². The maximum Gasteiger partial charge on any atom is 0.237 e. The number of benzene rings is 1. The van der Waals surface area contributed by atoms with Crippen molar-refractivity contribution in [3.63, 3.8) is 0 Å². The molecule has 0 saturated heterocycles. The summed E-state index contributed by atoms with van der Waals surface area (Å²) < 4.78 is 9.98. The molecule has 0 aliphatic carbocycles. The molecular weight excluding hydrogens is 220 g/mol. The SMILES string of the molecule is COCOc1cccc(NN=C(C#N)C#N)c1. The molecule has 0 radical (unpaired) electrons. The first-order valence-electron chi connectivity index (χ1n) is 4.66.